The summed E-state index contributed by atoms with van der Waals surface area (Å²) in [7, 11) is 0. The minimum atomic E-state index is -0.233. The van der Waals surface area contributed by atoms with E-state index in [4.69, 9.17) is 5.11 Å². The molecule has 0 amide bonds. The molecule has 1 atom stereocenters. The SMILES string of the molecule is CCC1CCCN1Cc1cc(F)cc(C#CCCO)c1. The highest BCUT2D eigenvalue weighted by atomic mass is 19.1. The molecule has 0 radical (unpaired) electrons. The first-order valence-electron chi connectivity index (χ1n) is 7.36. The van der Waals surface area contributed by atoms with E-state index in [1.807, 2.05) is 6.07 Å². The van der Waals surface area contributed by atoms with Crippen molar-refractivity contribution in [2.24, 2.45) is 0 Å². The second-order valence-electron chi connectivity index (χ2n) is 5.30. The van der Waals surface area contributed by atoms with Gasteiger partial charge in [0.2, 0.25) is 0 Å². The zero-order valence-corrected chi connectivity index (χ0v) is 12.0. The molecule has 0 aliphatic carbocycles. The van der Waals surface area contributed by atoms with Gasteiger partial charge in [0.05, 0.1) is 6.61 Å². The Kier molecular flexibility index (Phi) is 5.58. The molecule has 2 rings (SSSR count). The zero-order valence-electron chi connectivity index (χ0n) is 12.0. The summed E-state index contributed by atoms with van der Waals surface area (Å²) in [5.41, 5.74) is 1.68. The Labute approximate surface area is 120 Å². The van der Waals surface area contributed by atoms with Gasteiger partial charge in [-0.15, -0.1) is 0 Å². The molecule has 1 unspecified atom stereocenters. The molecule has 1 aliphatic heterocycles. The van der Waals surface area contributed by atoms with Crippen LogP contribution in [-0.2, 0) is 6.54 Å². The van der Waals surface area contributed by atoms with Crippen LogP contribution in [0, 0.1) is 17.7 Å². The third-order valence-electron chi connectivity index (χ3n) is 3.78. The van der Waals surface area contributed by atoms with E-state index in [1.54, 1.807) is 6.07 Å². The van der Waals surface area contributed by atoms with Gasteiger partial charge in [0.1, 0.15) is 5.82 Å². The van der Waals surface area contributed by atoms with Gasteiger partial charge in [0.25, 0.3) is 0 Å². The molecule has 0 aromatic heterocycles. The summed E-state index contributed by atoms with van der Waals surface area (Å²) >= 11 is 0. The number of halogens is 1. The Morgan fingerprint density at radius 2 is 2.25 bits per heavy atom. The Hall–Kier alpha value is -1.37. The first kappa shape index (κ1) is 15.0. The van der Waals surface area contributed by atoms with Crippen molar-refractivity contribution in [1.29, 1.82) is 0 Å². The van der Waals surface area contributed by atoms with Gasteiger partial charge in [-0.05, 0) is 49.6 Å². The van der Waals surface area contributed by atoms with Crippen molar-refractivity contribution in [3.05, 3.63) is 35.1 Å². The smallest absolute Gasteiger partial charge is 0.124 e. The standard InChI is InChI=1S/C17H22FNO/c1-2-17-7-5-8-19(17)13-15-10-14(6-3-4-9-20)11-16(18)12-15/h10-12,17,20H,2,4-5,7-9,13H2,1H3. The molecule has 1 aliphatic rings. The molecular weight excluding hydrogens is 253 g/mol. The van der Waals surface area contributed by atoms with Crippen molar-refractivity contribution < 1.29 is 9.50 Å². The molecule has 1 heterocycles. The Morgan fingerprint density at radius 3 is 3.00 bits per heavy atom. The van der Waals surface area contributed by atoms with Gasteiger partial charge in [-0.25, -0.2) is 4.39 Å². The van der Waals surface area contributed by atoms with Gasteiger partial charge < -0.3 is 5.11 Å². The summed E-state index contributed by atoms with van der Waals surface area (Å²) in [6, 6.07) is 5.64. The topological polar surface area (TPSA) is 23.5 Å². The van der Waals surface area contributed by atoms with Crippen molar-refractivity contribution in [2.75, 3.05) is 13.2 Å². The van der Waals surface area contributed by atoms with E-state index in [2.05, 4.69) is 23.7 Å². The van der Waals surface area contributed by atoms with Crippen LogP contribution < -0.4 is 0 Å². The number of rotatable bonds is 4. The lowest BCUT2D eigenvalue weighted by atomic mass is 10.1. The monoisotopic (exact) mass is 275 g/mol. The first-order chi connectivity index (χ1) is 9.72. The summed E-state index contributed by atoms with van der Waals surface area (Å²) in [4.78, 5) is 2.43. The Morgan fingerprint density at radius 1 is 1.40 bits per heavy atom. The maximum atomic E-state index is 13.7. The number of hydrogen-bond acceptors (Lipinski definition) is 2. The maximum Gasteiger partial charge on any atom is 0.124 e. The molecule has 2 nitrogen and oxygen atoms in total. The third-order valence-corrected chi connectivity index (χ3v) is 3.78. The molecule has 0 saturated carbocycles. The molecule has 1 fully saturated rings. The van der Waals surface area contributed by atoms with Crippen LogP contribution in [0.1, 0.15) is 43.7 Å². The Balaban J connectivity index is 2.10. The number of likely N-dealkylation sites (tertiary alicyclic amines) is 1. The molecule has 20 heavy (non-hydrogen) atoms. The van der Waals surface area contributed by atoms with Crippen molar-refractivity contribution >= 4 is 0 Å². The fourth-order valence-electron chi connectivity index (χ4n) is 2.83. The first-order valence-corrected chi connectivity index (χ1v) is 7.36. The molecule has 0 bridgehead atoms. The summed E-state index contributed by atoms with van der Waals surface area (Å²) in [5.74, 6) is 5.51. The number of aliphatic hydroxyl groups excluding tert-OH is 1. The highest BCUT2D eigenvalue weighted by molar-refractivity contribution is 5.37. The lowest BCUT2D eigenvalue weighted by Crippen LogP contribution is -2.28. The van der Waals surface area contributed by atoms with E-state index < -0.39 is 0 Å². The fraction of sp³-hybridized carbons (Fsp3) is 0.529. The summed E-state index contributed by atoms with van der Waals surface area (Å²) < 4.78 is 13.7. The van der Waals surface area contributed by atoms with Crippen LogP contribution in [-0.4, -0.2) is 29.2 Å². The van der Waals surface area contributed by atoms with Crippen LogP contribution in [0.25, 0.3) is 0 Å². The van der Waals surface area contributed by atoms with E-state index in [0.717, 1.165) is 25.1 Å². The molecule has 0 spiro atoms. The summed E-state index contributed by atoms with van der Waals surface area (Å²) in [5, 5.41) is 8.72. The van der Waals surface area contributed by atoms with E-state index >= 15 is 0 Å². The van der Waals surface area contributed by atoms with E-state index in [1.165, 1.54) is 18.9 Å². The van der Waals surface area contributed by atoms with Crippen molar-refractivity contribution in [2.45, 2.75) is 45.2 Å². The second kappa shape index (κ2) is 7.42. The van der Waals surface area contributed by atoms with Gasteiger partial charge in [-0.2, -0.15) is 0 Å². The molecule has 1 aromatic carbocycles. The quantitative estimate of drug-likeness (QED) is 0.854. The number of benzene rings is 1. The fourth-order valence-corrected chi connectivity index (χ4v) is 2.83. The maximum absolute atomic E-state index is 13.7. The number of aliphatic hydroxyl groups is 1. The van der Waals surface area contributed by atoms with Gasteiger partial charge >= 0.3 is 0 Å². The van der Waals surface area contributed by atoms with Crippen LogP contribution >= 0.6 is 0 Å². The van der Waals surface area contributed by atoms with Crippen LogP contribution in [0.15, 0.2) is 18.2 Å². The number of nitrogens with zero attached hydrogens (tertiary/aromatic N) is 1. The minimum Gasteiger partial charge on any atom is -0.395 e. The average molecular weight is 275 g/mol. The van der Waals surface area contributed by atoms with Gasteiger partial charge in [-0.1, -0.05) is 18.8 Å². The van der Waals surface area contributed by atoms with Crippen LogP contribution in [0.5, 0.6) is 0 Å². The lowest BCUT2D eigenvalue weighted by molar-refractivity contribution is 0.240. The highest BCUT2D eigenvalue weighted by Crippen LogP contribution is 2.22. The largest absolute Gasteiger partial charge is 0.395 e. The summed E-state index contributed by atoms with van der Waals surface area (Å²) in [6.45, 7) is 4.15. The molecule has 108 valence electrons. The molecule has 1 saturated heterocycles. The van der Waals surface area contributed by atoms with Gasteiger partial charge in [-0.3, -0.25) is 4.90 Å². The average Bonchev–Trinajstić information content (AvgIpc) is 2.85. The Bertz CT molecular complexity index is 503. The van der Waals surface area contributed by atoms with Crippen LogP contribution in [0.3, 0.4) is 0 Å². The van der Waals surface area contributed by atoms with Crippen LogP contribution in [0.4, 0.5) is 4.39 Å². The highest BCUT2D eigenvalue weighted by Gasteiger charge is 2.22. The number of hydrogen-bond donors (Lipinski definition) is 1. The molecule has 1 N–H and O–H groups in total. The van der Waals surface area contributed by atoms with Crippen LogP contribution in [0.2, 0.25) is 0 Å². The lowest BCUT2D eigenvalue weighted by Gasteiger charge is -2.23. The molecule has 1 aromatic rings. The van der Waals surface area contributed by atoms with Gasteiger partial charge in [0, 0.05) is 24.6 Å². The molecular formula is C17H22FNO. The van der Waals surface area contributed by atoms with E-state index in [9.17, 15) is 4.39 Å². The predicted octanol–water partition coefficient (Wildman–Crippen LogP) is 2.93. The van der Waals surface area contributed by atoms with E-state index in [0.29, 0.717) is 18.0 Å². The normalized spacial score (nSPS) is 18.9. The second-order valence-corrected chi connectivity index (χ2v) is 5.30. The predicted molar refractivity (Wildman–Crippen MR) is 78.7 cm³/mol. The van der Waals surface area contributed by atoms with Crippen molar-refractivity contribution in [3.8, 4) is 11.8 Å². The van der Waals surface area contributed by atoms with Crippen molar-refractivity contribution in [1.82, 2.24) is 4.90 Å². The summed E-state index contributed by atoms with van der Waals surface area (Å²) in [6.07, 6.45) is 4.06. The minimum absolute atomic E-state index is 0.0428. The van der Waals surface area contributed by atoms with Crippen molar-refractivity contribution in [3.63, 3.8) is 0 Å². The van der Waals surface area contributed by atoms with Gasteiger partial charge in [0.15, 0.2) is 0 Å². The third kappa shape index (κ3) is 4.06. The zero-order chi connectivity index (χ0) is 14.4. The van der Waals surface area contributed by atoms with E-state index in [-0.39, 0.29) is 12.4 Å². The molecule has 3 heteroatoms.